The molecule has 1 aromatic carbocycles. The molecule has 3 aromatic rings. The topological polar surface area (TPSA) is 59.9 Å². The molecular formula is C20H20N4O. The molecule has 0 saturated heterocycles. The maximum Gasteiger partial charge on any atom is 0.178 e. The maximum absolute atomic E-state index is 5.83. The highest BCUT2D eigenvalue weighted by Gasteiger charge is 2.21. The van der Waals surface area contributed by atoms with Crippen molar-refractivity contribution in [2.75, 3.05) is 13.2 Å². The van der Waals surface area contributed by atoms with Gasteiger partial charge in [0.05, 0.1) is 18.0 Å². The molecule has 0 aliphatic carbocycles. The summed E-state index contributed by atoms with van der Waals surface area (Å²) >= 11 is 0. The molecule has 0 saturated carbocycles. The van der Waals surface area contributed by atoms with Crippen molar-refractivity contribution in [2.24, 2.45) is 0 Å². The monoisotopic (exact) mass is 332 g/mol. The molecule has 0 bridgehead atoms. The zero-order chi connectivity index (χ0) is 17.1. The first-order chi connectivity index (χ1) is 12.4. The largest absolute Gasteiger partial charge is 0.493 e. The number of fused-ring (bicyclic) bond motifs is 1. The van der Waals surface area contributed by atoms with Crippen molar-refractivity contribution in [3.8, 4) is 28.5 Å². The summed E-state index contributed by atoms with van der Waals surface area (Å²) in [6.07, 6.45) is 2.66. The minimum absolute atomic E-state index is 0.621. The van der Waals surface area contributed by atoms with Crippen LogP contribution in [-0.4, -0.2) is 28.1 Å². The van der Waals surface area contributed by atoms with Gasteiger partial charge in [0.1, 0.15) is 11.4 Å². The fraction of sp³-hybridized carbons (Fsp3) is 0.250. The Kier molecular flexibility index (Phi) is 4.39. The Hall–Kier alpha value is -2.79. The lowest BCUT2D eigenvalue weighted by Crippen LogP contribution is -2.26. The van der Waals surface area contributed by atoms with E-state index >= 15 is 0 Å². The van der Waals surface area contributed by atoms with Gasteiger partial charge in [-0.15, -0.1) is 0 Å². The van der Waals surface area contributed by atoms with Crippen LogP contribution < -0.4 is 10.1 Å². The van der Waals surface area contributed by atoms with Crippen LogP contribution in [0.1, 0.15) is 18.2 Å². The zero-order valence-corrected chi connectivity index (χ0v) is 14.2. The molecule has 25 heavy (non-hydrogen) atoms. The van der Waals surface area contributed by atoms with Gasteiger partial charge in [-0.2, -0.15) is 0 Å². The molecule has 1 N–H and O–H groups in total. The summed E-state index contributed by atoms with van der Waals surface area (Å²) in [4.78, 5) is 14.1. The van der Waals surface area contributed by atoms with Crippen LogP contribution in [0.4, 0.5) is 0 Å². The van der Waals surface area contributed by atoms with Crippen LogP contribution in [0.2, 0.25) is 0 Å². The average Bonchev–Trinajstić information content (AvgIpc) is 2.68. The van der Waals surface area contributed by atoms with E-state index in [1.54, 1.807) is 6.20 Å². The van der Waals surface area contributed by atoms with E-state index in [-0.39, 0.29) is 0 Å². The van der Waals surface area contributed by atoms with E-state index < -0.39 is 0 Å². The molecule has 5 nitrogen and oxygen atoms in total. The second-order valence-electron chi connectivity index (χ2n) is 5.89. The molecule has 0 fully saturated rings. The smallest absolute Gasteiger partial charge is 0.178 e. The molecule has 1 aliphatic rings. The summed E-state index contributed by atoms with van der Waals surface area (Å²) in [7, 11) is 0. The predicted octanol–water partition coefficient (Wildman–Crippen LogP) is 3.25. The molecule has 1 aliphatic heterocycles. The molecular weight excluding hydrogens is 312 g/mol. The Balaban J connectivity index is 1.92. The summed E-state index contributed by atoms with van der Waals surface area (Å²) < 4.78 is 5.83. The molecule has 5 heteroatoms. The Morgan fingerprint density at radius 3 is 2.80 bits per heavy atom. The minimum Gasteiger partial charge on any atom is -0.493 e. The Morgan fingerprint density at radius 2 is 1.96 bits per heavy atom. The third kappa shape index (κ3) is 3.10. The number of benzene rings is 1. The number of ether oxygens (including phenoxy) is 1. The van der Waals surface area contributed by atoms with E-state index in [9.17, 15) is 0 Å². The van der Waals surface area contributed by atoms with Crippen molar-refractivity contribution in [2.45, 2.75) is 19.9 Å². The van der Waals surface area contributed by atoms with Gasteiger partial charge in [0.2, 0.25) is 0 Å². The third-order valence-electron chi connectivity index (χ3n) is 4.27. The number of pyridine rings is 1. The Labute approximate surface area is 147 Å². The van der Waals surface area contributed by atoms with Gasteiger partial charge in [0.15, 0.2) is 5.82 Å². The van der Waals surface area contributed by atoms with E-state index in [1.165, 1.54) is 0 Å². The van der Waals surface area contributed by atoms with Gasteiger partial charge in [-0.3, -0.25) is 4.98 Å². The number of hydrogen-bond acceptors (Lipinski definition) is 5. The van der Waals surface area contributed by atoms with Crippen LogP contribution in [-0.2, 0) is 13.0 Å². The lowest BCUT2D eigenvalue weighted by Gasteiger charge is -2.21. The minimum atomic E-state index is 0.621. The molecule has 0 spiro atoms. The highest BCUT2D eigenvalue weighted by Crippen LogP contribution is 2.34. The molecule has 0 unspecified atom stereocenters. The lowest BCUT2D eigenvalue weighted by molar-refractivity contribution is 0.341. The van der Waals surface area contributed by atoms with Gasteiger partial charge in [0, 0.05) is 36.8 Å². The van der Waals surface area contributed by atoms with Crippen LogP contribution in [0.15, 0.2) is 48.7 Å². The van der Waals surface area contributed by atoms with Crippen molar-refractivity contribution in [3.63, 3.8) is 0 Å². The van der Waals surface area contributed by atoms with Crippen molar-refractivity contribution >= 4 is 0 Å². The van der Waals surface area contributed by atoms with Crippen molar-refractivity contribution in [1.29, 1.82) is 0 Å². The average molecular weight is 332 g/mol. The quantitative estimate of drug-likeness (QED) is 0.795. The molecule has 3 heterocycles. The molecule has 0 amide bonds. The first-order valence-corrected chi connectivity index (χ1v) is 8.61. The first-order valence-electron chi connectivity index (χ1n) is 8.61. The normalized spacial score (nSPS) is 13.3. The van der Waals surface area contributed by atoms with Crippen LogP contribution in [0.25, 0.3) is 22.8 Å². The highest BCUT2D eigenvalue weighted by atomic mass is 16.5. The fourth-order valence-electron chi connectivity index (χ4n) is 3.12. The van der Waals surface area contributed by atoms with Gasteiger partial charge in [0.25, 0.3) is 0 Å². The molecule has 126 valence electrons. The molecule has 0 atom stereocenters. The summed E-state index contributed by atoms with van der Waals surface area (Å²) in [5.41, 5.74) is 4.97. The van der Waals surface area contributed by atoms with E-state index in [1.807, 2.05) is 43.3 Å². The highest BCUT2D eigenvalue weighted by molar-refractivity contribution is 5.72. The van der Waals surface area contributed by atoms with Crippen molar-refractivity contribution in [3.05, 3.63) is 59.9 Å². The summed E-state index contributed by atoms with van der Waals surface area (Å²) in [5.74, 6) is 1.52. The van der Waals surface area contributed by atoms with E-state index in [4.69, 9.17) is 14.7 Å². The first kappa shape index (κ1) is 15.7. The number of aromatic nitrogens is 3. The second kappa shape index (κ2) is 6.99. The van der Waals surface area contributed by atoms with Crippen molar-refractivity contribution in [1.82, 2.24) is 20.3 Å². The number of nitrogens with one attached hydrogen (secondary N) is 1. The number of para-hydroxylation sites is 1. The third-order valence-corrected chi connectivity index (χ3v) is 4.27. The van der Waals surface area contributed by atoms with E-state index in [2.05, 4.69) is 16.4 Å². The molecule has 2 aromatic heterocycles. The standard InChI is InChI=1S/C20H20N4O/c1-2-25-18-9-4-3-7-14(18)19-15-13-21-12-10-16(15)23-20(24-19)17-8-5-6-11-22-17/h3-9,11,21H,2,10,12-13H2,1H3. The van der Waals surface area contributed by atoms with Gasteiger partial charge in [-0.05, 0) is 31.2 Å². The van der Waals surface area contributed by atoms with Crippen LogP contribution >= 0.6 is 0 Å². The number of nitrogens with zero attached hydrogens (tertiary/aromatic N) is 3. The van der Waals surface area contributed by atoms with Gasteiger partial charge in [-0.1, -0.05) is 18.2 Å². The lowest BCUT2D eigenvalue weighted by atomic mass is 9.99. The summed E-state index contributed by atoms with van der Waals surface area (Å²) in [6.45, 7) is 4.31. The fourth-order valence-corrected chi connectivity index (χ4v) is 3.12. The van der Waals surface area contributed by atoms with E-state index in [0.717, 1.165) is 53.5 Å². The van der Waals surface area contributed by atoms with Gasteiger partial charge < -0.3 is 10.1 Å². The number of rotatable bonds is 4. The maximum atomic E-state index is 5.83. The van der Waals surface area contributed by atoms with Crippen molar-refractivity contribution < 1.29 is 4.74 Å². The van der Waals surface area contributed by atoms with E-state index in [0.29, 0.717) is 12.4 Å². The Morgan fingerprint density at radius 1 is 1.08 bits per heavy atom. The predicted molar refractivity (Wildman–Crippen MR) is 97.3 cm³/mol. The SMILES string of the molecule is CCOc1ccccc1-c1nc(-c2ccccn2)nc2c1CNCC2. The Bertz CT molecular complexity index is 880. The van der Waals surface area contributed by atoms with Gasteiger partial charge >= 0.3 is 0 Å². The second-order valence-corrected chi connectivity index (χ2v) is 5.89. The zero-order valence-electron chi connectivity index (χ0n) is 14.2. The van der Waals surface area contributed by atoms with Crippen LogP contribution in [0.3, 0.4) is 0 Å². The number of hydrogen-bond donors (Lipinski definition) is 1. The van der Waals surface area contributed by atoms with Crippen LogP contribution in [0, 0.1) is 0 Å². The molecule has 0 radical (unpaired) electrons. The van der Waals surface area contributed by atoms with Gasteiger partial charge in [-0.25, -0.2) is 9.97 Å². The summed E-state index contributed by atoms with van der Waals surface area (Å²) in [6, 6.07) is 13.9. The molecule has 4 rings (SSSR count). The van der Waals surface area contributed by atoms with Crippen LogP contribution in [0.5, 0.6) is 5.75 Å². The summed E-state index contributed by atoms with van der Waals surface area (Å²) in [5, 5.41) is 3.43.